The molecule has 0 aromatic carbocycles. The van der Waals surface area contributed by atoms with Gasteiger partial charge in [-0.3, -0.25) is 0 Å². The van der Waals surface area contributed by atoms with Crippen LogP contribution in [0.5, 0.6) is 0 Å². The molecule has 1 N–H and O–H groups in total. The monoisotopic (exact) mass is 267 g/mol. The Morgan fingerprint density at radius 1 is 1.58 bits per heavy atom. The minimum atomic E-state index is -0.694. The van der Waals surface area contributed by atoms with Crippen molar-refractivity contribution in [2.24, 2.45) is 5.92 Å². The molecule has 0 radical (unpaired) electrons. The number of ether oxygens (including phenoxy) is 1. The van der Waals surface area contributed by atoms with Gasteiger partial charge in [-0.25, -0.2) is 9.67 Å². The second-order valence-electron chi connectivity index (χ2n) is 6.11. The van der Waals surface area contributed by atoms with Crippen LogP contribution in [-0.2, 0) is 17.7 Å². The first-order chi connectivity index (χ1) is 9.02. The van der Waals surface area contributed by atoms with E-state index >= 15 is 0 Å². The largest absolute Gasteiger partial charge is 0.389 e. The summed E-state index contributed by atoms with van der Waals surface area (Å²) in [6.45, 7) is 5.16. The summed E-state index contributed by atoms with van der Waals surface area (Å²) < 4.78 is 7.31. The molecule has 1 aliphatic rings. The van der Waals surface area contributed by atoms with Crippen molar-refractivity contribution in [3.05, 3.63) is 12.2 Å². The lowest BCUT2D eigenvalue weighted by molar-refractivity contribution is -0.0596. The SMILES string of the molecule is COC1CCCC(O)(Cc2ncnn2CC(C)C)C1. The second-order valence-corrected chi connectivity index (χ2v) is 6.11. The van der Waals surface area contributed by atoms with Gasteiger partial charge in [0.2, 0.25) is 0 Å². The quantitative estimate of drug-likeness (QED) is 0.883. The van der Waals surface area contributed by atoms with E-state index in [0.717, 1.165) is 31.6 Å². The Morgan fingerprint density at radius 2 is 2.37 bits per heavy atom. The number of rotatable bonds is 5. The molecule has 5 nitrogen and oxygen atoms in total. The molecule has 0 aliphatic heterocycles. The Balaban J connectivity index is 2.05. The zero-order chi connectivity index (χ0) is 13.9. The van der Waals surface area contributed by atoms with Gasteiger partial charge < -0.3 is 9.84 Å². The number of aliphatic hydroxyl groups is 1. The molecule has 0 bridgehead atoms. The average Bonchev–Trinajstić information content (AvgIpc) is 2.75. The predicted octanol–water partition coefficient (Wildman–Crippen LogP) is 1.80. The summed E-state index contributed by atoms with van der Waals surface area (Å²) >= 11 is 0. The molecule has 19 heavy (non-hydrogen) atoms. The zero-order valence-electron chi connectivity index (χ0n) is 12.2. The van der Waals surface area contributed by atoms with Crippen LogP contribution in [0.3, 0.4) is 0 Å². The van der Waals surface area contributed by atoms with E-state index in [1.165, 1.54) is 0 Å². The fourth-order valence-electron chi connectivity index (χ4n) is 2.87. The van der Waals surface area contributed by atoms with Gasteiger partial charge >= 0.3 is 0 Å². The second kappa shape index (κ2) is 6.01. The minimum absolute atomic E-state index is 0.167. The third kappa shape index (κ3) is 3.76. The zero-order valence-corrected chi connectivity index (χ0v) is 12.2. The summed E-state index contributed by atoms with van der Waals surface area (Å²) in [5.74, 6) is 1.40. The highest BCUT2D eigenvalue weighted by Crippen LogP contribution is 2.32. The van der Waals surface area contributed by atoms with Crippen molar-refractivity contribution in [2.45, 2.75) is 64.2 Å². The van der Waals surface area contributed by atoms with Crippen molar-refractivity contribution < 1.29 is 9.84 Å². The van der Waals surface area contributed by atoms with E-state index in [1.54, 1.807) is 13.4 Å². The maximum Gasteiger partial charge on any atom is 0.138 e. The van der Waals surface area contributed by atoms with Crippen molar-refractivity contribution >= 4 is 0 Å². The Hall–Kier alpha value is -0.940. The molecule has 1 heterocycles. The van der Waals surface area contributed by atoms with Crippen LogP contribution in [0.25, 0.3) is 0 Å². The first kappa shape index (κ1) is 14.5. The van der Waals surface area contributed by atoms with E-state index in [2.05, 4.69) is 23.9 Å². The van der Waals surface area contributed by atoms with Crippen molar-refractivity contribution in [2.75, 3.05) is 7.11 Å². The van der Waals surface area contributed by atoms with Crippen LogP contribution in [0.15, 0.2) is 6.33 Å². The third-order valence-corrected chi connectivity index (χ3v) is 3.83. The van der Waals surface area contributed by atoms with Gasteiger partial charge in [0.25, 0.3) is 0 Å². The summed E-state index contributed by atoms with van der Waals surface area (Å²) in [7, 11) is 1.72. The van der Waals surface area contributed by atoms with Crippen molar-refractivity contribution in [3.63, 3.8) is 0 Å². The first-order valence-electron chi connectivity index (χ1n) is 7.14. The lowest BCUT2D eigenvalue weighted by atomic mass is 9.80. The third-order valence-electron chi connectivity index (χ3n) is 3.83. The summed E-state index contributed by atoms with van der Waals surface area (Å²) in [5.41, 5.74) is -0.694. The topological polar surface area (TPSA) is 60.2 Å². The lowest BCUT2D eigenvalue weighted by Crippen LogP contribution is -2.41. The summed E-state index contributed by atoms with van der Waals surface area (Å²) in [6, 6.07) is 0. The first-order valence-corrected chi connectivity index (χ1v) is 7.14. The molecule has 108 valence electrons. The van der Waals surface area contributed by atoms with Gasteiger partial charge in [0.1, 0.15) is 12.2 Å². The standard InChI is InChI=1S/C14H25N3O2/c1-11(2)9-17-13(15-10-16-17)8-14(18)6-4-5-12(7-14)19-3/h10-12,18H,4-9H2,1-3H3. The van der Waals surface area contributed by atoms with Gasteiger partial charge in [0, 0.05) is 26.5 Å². The highest BCUT2D eigenvalue weighted by molar-refractivity contribution is 4.98. The van der Waals surface area contributed by atoms with Crippen LogP contribution in [0.1, 0.15) is 45.4 Å². The van der Waals surface area contributed by atoms with E-state index in [0.29, 0.717) is 18.8 Å². The fourth-order valence-corrected chi connectivity index (χ4v) is 2.87. The molecule has 0 amide bonds. The molecule has 0 saturated heterocycles. The summed E-state index contributed by atoms with van der Waals surface area (Å²) in [5, 5.41) is 15.0. The fraction of sp³-hybridized carbons (Fsp3) is 0.857. The molecule has 1 aromatic rings. The molecule has 1 aromatic heterocycles. The average molecular weight is 267 g/mol. The van der Waals surface area contributed by atoms with Crippen LogP contribution in [-0.4, -0.2) is 38.7 Å². The molecule has 1 aliphatic carbocycles. The molecule has 5 heteroatoms. The van der Waals surface area contributed by atoms with Crippen LogP contribution >= 0.6 is 0 Å². The number of hydrogen-bond donors (Lipinski definition) is 1. The van der Waals surface area contributed by atoms with E-state index in [1.807, 2.05) is 4.68 Å². The molecule has 2 rings (SSSR count). The molecular formula is C14H25N3O2. The van der Waals surface area contributed by atoms with Crippen molar-refractivity contribution in [1.29, 1.82) is 0 Å². The van der Waals surface area contributed by atoms with Gasteiger partial charge in [-0.1, -0.05) is 13.8 Å². The minimum Gasteiger partial charge on any atom is -0.389 e. The predicted molar refractivity (Wildman–Crippen MR) is 72.8 cm³/mol. The summed E-state index contributed by atoms with van der Waals surface area (Å²) in [4.78, 5) is 4.31. The normalized spacial score (nSPS) is 27.9. The van der Waals surface area contributed by atoms with Crippen LogP contribution in [0, 0.1) is 5.92 Å². The van der Waals surface area contributed by atoms with Gasteiger partial charge in [-0.2, -0.15) is 5.10 Å². The summed E-state index contributed by atoms with van der Waals surface area (Å²) in [6.07, 6.45) is 5.88. The molecular weight excluding hydrogens is 242 g/mol. The molecule has 1 saturated carbocycles. The highest BCUT2D eigenvalue weighted by atomic mass is 16.5. The molecule has 0 spiro atoms. The maximum absolute atomic E-state index is 10.7. The van der Waals surface area contributed by atoms with Gasteiger partial charge in [0.15, 0.2) is 0 Å². The highest BCUT2D eigenvalue weighted by Gasteiger charge is 2.35. The number of hydrogen-bond acceptors (Lipinski definition) is 4. The van der Waals surface area contributed by atoms with Crippen molar-refractivity contribution in [1.82, 2.24) is 14.8 Å². The van der Waals surface area contributed by atoms with E-state index in [-0.39, 0.29) is 6.10 Å². The van der Waals surface area contributed by atoms with Gasteiger partial charge in [0.05, 0.1) is 11.7 Å². The number of nitrogens with zero attached hydrogens (tertiary/aromatic N) is 3. The number of methoxy groups -OCH3 is 1. The smallest absolute Gasteiger partial charge is 0.138 e. The number of aromatic nitrogens is 3. The maximum atomic E-state index is 10.7. The Morgan fingerprint density at radius 3 is 3.05 bits per heavy atom. The van der Waals surface area contributed by atoms with Crippen molar-refractivity contribution in [3.8, 4) is 0 Å². The van der Waals surface area contributed by atoms with Crippen LogP contribution < -0.4 is 0 Å². The van der Waals surface area contributed by atoms with Gasteiger partial charge in [-0.15, -0.1) is 0 Å². The van der Waals surface area contributed by atoms with E-state index in [9.17, 15) is 5.11 Å². The van der Waals surface area contributed by atoms with Crippen LogP contribution in [0.2, 0.25) is 0 Å². The Labute approximate surface area is 115 Å². The Bertz CT molecular complexity index is 405. The molecule has 1 fully saturated rings. The lowest BCUT2D eigenvalue weighted by Gasteiger charge is -2.36. The molecule has 2 unspecified atom stereocenters. The van der Waals surface area contributed by atoms with Crippen LogP contribution in [0.4, 0.5) is 0 Å². The van der Waals surface area contributed by atoms with Gasteiger partial charge in [-0.05, 0) is 25.2 Å². The van der Waals surface area contributed by atoms with E-state index < -0.39 is 5.60 Å². The van der Waals surface area contributed by atoms with E-state index in [4.69, 9.17) is 4.74 Å². The Kier molecular flexibility index (Phi) is 4.58. The molecule has 2 atom stereocenters.